The van der Waals surface area contributed by atoms with Crippen LogP contribution in [-0.4, -0.2) is 41.5 Å². The number of hydrogen-bond donors (Lipinski definition) is 2. The lowest BCUT2D eigenvalue weighted by Crippen LogP contribution is -2.35. The summed E-state index contributed by atoms with van der Waals surface area (Å²) >= 11 is 0. The van der Waals surface area contributed by atoms with Crippen LogP contribution in [0.2, 0.25) is 0 Å². The highest BCUT2D eigenvalue weighted by molar-refractivity contribution is 5.92. The Bertz CT molecular complexity index is 702. The molecule has 1 aromatic heterocycles. The summed E-state index contributed by atoms with van der Waals surface area (Å²) < 4.78 is 13.0. The number of aromatic nitrogens is 1. The molecule has 3 rings (SSSR count). The van der Waals surface area contributed by atoms with Crippen LogP contribution in [0.1, 0.15) is 28.8 Å². The van der Waals surface area contributed by atoms with Crippen LogP contribution in [0.4, 0.5) is 10.2 Å². The summed E-state index contributed by atoms with van der Waals surface area (Å²) in [6, 6.07) is 10.7. The number of rotatable bonds is 7. The molecule has 2 heterocycles. The average Bonchev–Trinajstić information content (AvgIpc) is 3.04. The molecule has 25 heavy (non-hydrogen) atoms. The molecule has 1 aliphatic heterocycles. The number of anilines is 1. The number of likely N-dealkylation sites (tertiary alicyclic amines) is 1. The van der Waals surface area contributed by atoms with Crippen molar-refractivity contribution in [1.82, 2.24) is 9.88 Å². The van der Waals surface area contributed by atoms with E-state index in [4.69, 9.17) is 5.73 Å². The van der Waals surface area contributed by atoms with E-state index in [2.05, 4.69) is 15.2 Å². The number of nitrogens with one attached hydrogen (secondary N) is 1. The van der Waals surface area contributed by atoms with Gasteiger partial charge in [-0.2, -0.15) is 0 Å². The van der Waals surface area contributed by atoms with Crippen LogP contribution in [0.15, 0.2) is 42.6 Å². The van der Waals surface area contributed by atoms with Crippen molar-refractivity contribution in [2.24, 2.45) is 5.73 Å². The van der Waals surface area contributed by atoms with Gasteiger partial charge < -0.3 is 11.1 Å². The fourth-order valence-corrected chi connectivity index (χ4v) is 3.29. The second kappa shape index (κ2) is 8.07. The van der Waals surface area contributed by atoms with E-state index in [0.29, 0.717) is 11.6 Å². The molecule has 0 radical (unpaired) electrons. The molecule has 1 atom stereocenters. The van der Waals surface area contributed by atoms with Gasteiger partial charge in [-0.05, 0) is 55.6 Å². The molecule has 1 amide bonds. The zero-order chi connectivity index (χ0) is 17.6. The van der Waals surface area contributed by atoms with Gasteiger partial charge in [0, 0.05) is 25.3 Å². The highest BCUT2D eigenvalue weighted by Crippen LogP contribution is 2.21. The van der Waals surface area contributed by atoms with Crippen molar-refractivity contribution in [3.05, 3.63) is 59.5 Å². The zero-order valence-corrected chi connectivity index (χ0v) is 14.1. The van der Waals surface area contributed by atoms with Crippen LogP contribution < -0.4 is 11.1 Å². The van der Waals surface area contributed by atoms with Gasteiger partial charge in [0.2, 0.25) is 5.91 Å². The van der Waals surface area contributed by atoms with E-state index >= 15 is 0 Å². The van der Waals surface area contributed by atoms with Crippen molar-refractivity contribution < 1.29 is 9.18 Å². The molecule has 2 aromatic rings. The Balaban J connectivity index is 1.48. The summed E-state index contributed by atoms with van der Waals surface area (Å²) in [5.41, 5.74) is 6.79. The molecule has 1 fully saturated rings. The zero-order valence-electron chi connectivity index (χ0n) is 14.1. The number of amides is 1. The van der Waals surface area contributed by atoms with Crippen molar-refractivity contribution in [1.29, 1.82) is 0 Å². The van der Waals surface area contributed by atoms with E-state index in [9.17, 15) is 9.18 Å². The summed E-state index contributed by atoms with van der Waals surface area (Å²) in [4.78, 5) is 17.7. The molecule has 0 spiro atoms. The second-order valence-corrected chi connectivity index (χ2v) is 6.39. The van der Waals surface area contributed by atoms with Gasteiger partial charge in [-0.1, -0.05) is 12.1 Å². The number of halogens is 1. The quantitative estimate of drug-likeness (QED) is 0.811. The van der Waals surface area contributed by atoms with E-state index in [1.165, 1.54) is 36.7 Å². The van der Waals surface area contributed by atoms with Gasteiger partial charge in [0.05, 0.1) is 5.56 Å². The first-order chi connectivity index (χ1) is 12.1. The Morgan fingerprint density at radius 1 is 1.28 bits per heavy atom. The third-order valence-electron chi connectivity index (χ3n) is 4.64. The predicted molar refractivity (Wildman–Crippen MR) is 95.9 cm³/mol. The Labute approximate surface area is 147 Å². The van der Waals surface area contributed by atoms with Crippen molar-refractivity contribution >= 4 is 11.7 Å². The van der Waals surface area contributed by atoms with E-state index in [0.717, 1.165) is 31.9 Å². The summed E-state index contributed by atoms with van der Waals surface area (Å²) in [6.45, 7) is 2.79. The first kappa shape index (κ1) is 17.4. The topological polar surface area (TPSA) is 71.2 Å². The largest absolute Gasteiger partial charge is 0.369 e. The molecule has 132 valence electrons. The van der Waals surface area contributed by atoms with Crippen LogP contribution in [-0.2, 0) is 6.42 Å². The summed E-state index contributed by atoms with van der Waals surface area (Å²) in [5, 5.41) is 3.28. The van der Waals surface area contributed by atoms with E-state index in [-0.39, 0.29) is 5.82 Å². The third-order valence-corrected chi connectivity index (χ3v) is 4.64. The lowest BCUT2D eigenvalue weighted by Gasteiger charge is -2.24. The van der Waals surface area contributed by atoms with Gasteiger partial charge >= 0.3 is 0 Å². The van der Waals surface area contributed by atoms with Crippen molar-refractivity contribution in [2.75, 3.05) is 25.0 Å². The molecule has 6 heteroatoms. The number of hydrogen-bond acceptors (Lipinski definition) is 4. The molecule has 0 aliphatic carbocycles. The van der Waals surface area contributed by atoms with Crippen LogP contribution >= 0.6 is 0 Å². The molecule has 1 aliphatic rings. The number of pyridine rings is 1. The van der Waals surface area contributed by atoms with Crippen molar-refractivity contribution in [3.63, 3.8) is 0 Å². The molecular formula is C19H23FN4O. The van der Waals surface area contributed by atoms with Gasteiger partial charge in [-0.25, -0.2) is 9.37 Å². The minimum absolute atomic E-state index is 0.189. The monoisotopic (exact) mass is 342 g/mol. The normalized spacial score (nSPS) is 17.6. The number of benzene rings is 1. The molecule has 1 unspecified atom stereocenters. The van der Waals surface area contributed by atoms with Crippen LogP contribution in [0.3, 0.4) is 0 Å². The Kier molecular flexibility index (Phi) is 5.60. The van der Waals surface area contributed by atoms with Crippen molar-refractivity contribution in [2.45, 2.75) is 25.3 Å². The predicted octanol–water partition coefficient (Wildman–Crippen LogP) is 2.44. The second-order valence-electron chi connectivity index (χ2n) is 6.39. The van der Waals surface area contributed by atoms with Gasteiger partial charge in [-0.15, -0.1) is 0 Å². The summed E-state index contributed by atoms with van der Waals surface area (Å²) in [6.07, 6.45) is 4.80. The van der Waals surface area contributed by atoms with Gasteiger partial charge in [0.25, 0.3) is 0 Å². The molecular weight excluding hydrogens is 319 g/mol. The molecule has 0 saturated carbocycles. The fraction of sp³-hybridized carbons (Fsp3) is 0.368. The smallest absolute Gasteiger partial charge is 0.250 e. The highest BCUT2D eigenvalue weighted by atomic mass is 19.1. The van der Waals surface area contributed by atoms with E-state index < -0.39 is 5.91 Å². The van der Waals surface area contributed by atoms with Gasteiger partial charge in [0.1, 0.15) is 11.6 Å². The Morgan fingerprint density at radius 2 is 2.08 bits per heavy atom. The number of primary amides is 1. The van der Waals surface area contributed by atoms with Crippen LogP contribution in [0.5, 0.6) is 0 Å². The lowest BCUT2D eigenvalue weighted by molar-refractivity contribution is 0.1000. The first-order valence-corrected chi connectivity index (χ1v) is 8.60. The minimum Gasteiger partial charge on any atom is -0.369 e. The molecule has 3 N–H and O–H groups in total. The Morgan fingerprint density at radius 3 is 2.76 bits per heavy atom. The van der Waals surface area contributed by atoms with Crippen molar-refractivity contribution in [3.8, 4) is 0 Å². The summed E-state index contributed by atoms with van der Waals surface area (Å²) in [5.74, 6) is 0.0742. The lowest BCUT2D eigenvalue weighted by atomic mass is 10.0. The Hall–Kier alpha value is -2.47. The highest BCUT2D eigenvalue weighted by Gasteiger charge is 2.24. The maximum absolute atomic E-state index is 13.0. The van der Waals surface area contributed by atoms with Crippen LogP contribution in [0, 0.1) is 5.82 Å². The number of nitrogens with two attached hydrogens (primary N) is 1. The number of carbonyl (C=O) groups excluding carboxylic acids is 1. The SMILES string of the molecule is NC(=O)c1ccc(NCCN2CCCC2Cc2ccc(F)cc2)nc1. The molecule has 1 aromatic carbocycles. The maximum atomic E-state index is 13.0. The number of carbonyl (C=O) groups is 1. The first-order valence-electron chi connectivity index (χ1n) is 8.60. The average molecular weight is 342 g/mol. The maximum Gasteiger partial charge on any atom is 0.250 e. The summed E-state index contributed by atoms with van der Waals surface area (Å²) in [7, 11) is 0. The van der Waals surface area contributed by atoms with E-state index in [1.807, 2.05) is 12.1 Å². The van der Waals surface area contributed by atoms with E-state index in [1.54, 1.807) is 12.1 Å². The third kappa shape index (κ3) is 4.76. The molecule has 0 bridgehead atoms. The van der Waals surface area contributed by atoms with Gasteiger partial charge in [0.15, 0.2) is 0 Å². The van der Waals surface area contributed by atoms with Gasteiger partial charge in [-0.3, -0.25) is 9.69 Å². The molecule has 1 saturated heterocycles. The minimum atomic E-state index is -0.472. The standard InChI is InChI=1S/C19H23FN4O/c20-16-6-3-14(4-7-16)12-17-2-1-10-24(17)11-9-22-18-8-5-15(13-23-18)19(21)25/h3-8,13,17H,1-2,9-12H2,(H2,21,25)(H,22,23). The fourth-order valence-electron chi connectivity index (χ4n) is 3.29. The molecule has 5 nitrogen and oxygen atoms in total. The van der Waals surface area contributed by atoms with Crippen LogP contribution in [0.25, 0.3) is 0 Å². The number of nitrogens with zero attached hydrogens (tertiary/aromatic N) is 2.